The van der Waals surface area contributed by atoms with E-state index in [1.807, 2.05) is 19.4 Å². The number of aryl methyl sites for hydroxylation is 1. The molecule has 1 aliphatic heterocycles. The van der Waals surface area contributed by atoms with E-state index in [-0.39, 0.29) is 36.8 Å². The Morgan fingerprint density at radius 1 is 1.30 bits per heavy atom. The first-order chi connectivity index (χ1) is 12.2. The van der Waals surface area contributed by atoms with Gasteiger partial charge in [-0.3, -0.25) is 9.48 Å². The number of H-pyrrole nitrogens is 1. The number of amides is 1. The maximum atomic E-state index is 13.5. The van der Waals surface area contributed by atoms with E-state index in [0.717, 1.165) is 42.8 Å². The highest BCUT2D eigenvalue weighted by Gasteiger charge is 2.35. The average Bonchev–Trinajstić information content (AvgIpc) is 3.28. The number of imidazole rings is 1. The average molecular weight is 415 g/mol. The molecule has 0 radical (unpaired) electrons. The van der Waals surface area contributed by atoms with Crippen LogP contribution in [0.1, 0.15) is 55.1 Å². The minimum atomic E-state index is -0.339. The summed E-state index contributed by atoms with van der Waals surface area (Å²) in [7, 11) is 1.91. The SMILES string of the molecule is Cl.Cl.Cn1cc(CN(C(=O)C2NCCc3[nH]cnc32)C2CCCCC2)cn1. The lowest BCUT2D eigenvalue weighted by atomic mass is 9.92. The van der Waals surface area contributed by atoms with Gasteiger partial charge in [0.2, 0.25) is 5.91 Å². The number of carbonyl (C=O) groups excluding carboxylic acids is 1. The minimum absolute atomic E-state index is 0. The molecule has 0 spiro atoms. The van der Waals surface area contributed by atoms with Crippen LogP contribution in [0.3, 0.4) is 0 Å². The minimum Gasteiger partial charge on any atom is -0.348 e. The first-order valence-electron chi connectivity index (χ1n) is 9.26. The van der Waals surface area contributed by atoms with Crippen LogP contribution in [0, 0.1) is 0 Å². The van der Waals surface area contributed by atoms with Gasteiger partial charge >= 0.3 is 0 Å². The highest BCUT2D eigenvalue weighted by molar-refractivity contribution is 5.85. The fraction of sp³-hybridized carbons (Fsp3) is 0.611. The molecular weight excluding hydrogens is 387 g/mol. The van der Waals surface area contributed by atoms with Crippen molar-refractivity contribution in [2.75, 3.05) is 6.54 Å². The fourth-order valence-corrected chi connectivity index (χ4v) is 4.12. The lowest BCUT2D eigenvalue weighted by Gasteiger charge is -2.37. The van der Waals surface area contributed by atoms with E-state index in [9.17, 15) is 4.79 Å². The summed E-state index contributed by atoms with van der Waals surface area (Å²) in [6.07, 6.45) is 12.3. The molecule has 4 rings (SSSR count). The van der Waals surface area contributed by atoms with Crippen LogP contribution in [0.5, 0.6) is 0 Å². The van der Waals surface area contributed by atoms with Gasteiger partial charge in [-0.25, -0.2) is 4.98 Å². The van der Waals surface area contributed by atoms with E-state index in [1.165, 1.54) is 19.3 Å². The molecule has 1 saturated carbocycles. The summed E-state index contributed by atoms with van der Waals surface area (Å²) in [6, 6.07) is -0.0267. The van der Waals surface area contributed by atoms with Crippen LogP contribution in [0.15, 0.2) is 18.7 Å². The third-order valence-electron chi connectivity index (χ3n) is 5.41. The number of carbonyl (C=O) groups is 1. The Hall–Kier alpha value is -1.57. The molecular formula is C18H28Cl2N6O. The molecule has 1 fully saturated rings. The van der Waals surface area contributed by atoms with Gasteiger partial charge in [-0.15, -0.1) is 24.8 Å². The van der Waals surface area contributed by atoms with E-state index in [2.05, 4.69) is 25.3 Å². The zero-order valence-corrected chi connectivity index (χ0v) is 17.2. The van der Waals surface area contributed by atoms with E-state index < -0.39 is 0 Å². The summed E-state index contributed by atoms with van der Waals surface area (Å²) in [5, 5.41) is 7.64. The molecule has 9 heteroatoms. The van der Waals surface area contributed by atoms with Crippen LogP contribution in [0.2, 0.25) is 0 Å². The molecule has 1 unspecified atom stereocenters. The molecule has 2 N–H and O–H groups in total. The Labute approximate surface area is 172 Å². The molecule has 0 aromatic carbocycles. The van der Waals surface area contributed by atoms with Crippen molar-refractivity contribution in [3.05, 3.63) is 35.7 Å². The van der Waals surface area contributed by atoms with Gasteiger partial charge < -0.3 is 15.2 Å². The molecule has 1 atom stereocenters. The van der Waals surface area contributed by atoms with Gasteiger partial charge in [0, 0.05) is 50.1 Å². The van der Waals surface area contributed by atoms with Gasteiger partial charge in [0.25, 0.3) is 0 Å². The Balaban J connectivity index is 0.00000131. The predicted molar refractivity (Wildman–Crippen MR) is 108 cm³/mol. The van der Waals surface area contributed by atoms with Crippen molar-refractivity contribution in [2.45, 2.75) is 57.2 Å². The van der Waals surface area contributed by atoms with E-state index in [4.69, 9.17) is 0 Å². The highest BCUT2D eigenvalue weighted by atomic mass is 35.5. The second-order valence-electron chi connectivity index (χ2n) is 7.18. The Kier molecular flexibility index (Phi) is 7.70. The normalized spacial score (nSPS) is 19.5. The van der Waals surface area contributed by atoms with Crippen LogP contribution in [0.4, 0.5) is 0 Å². The molecule has 7 nitrogen and oxygen atoms in total. The quantitative estimate of drug-likeness (QED) is 0.805. The lowest BCUT2D eigenvalue weighted by molar-refractivity contribution is -0.137. The van der Waals surface area contributed by atoms with Crippen LogP contribution < -0.4 is 5.32 Å². The van der Waals surface area contributed by atoms with Crippen molar-refractivity contribution >= 4 is 30.7 Å². The summed E-state index contributed by atoms with van der Waals surface area (Å²) in [5.41, 5.74) is 3.03. The first kappa shape index (κ1) is 21.7. The van der Waals surface area contributed by atoms with Crippen molar-refractivity contribution in [3.8, 4) is 0 Å². The monoisotopic (exact) mass is 414 g/mol. The summed E-state index contributed by atoms with van der Waals surface area (Å²) in [4.78, 5) is 23.1. The van der Waals surface area contributed by atoms with Crippen molar-refractivity contribution in [1.29, 1.82) is 0 Å². The number of aromatic nitrogens is 4. The van der Waals surface area contributed by atoms with Gasteiger partial charge in [-0.2, -0.15) is 5.10 Å². The van der Waals surface area contributed by atoms with Crippen molar-refractivity contribution in [2.24, 2.45) is 7.05 Å². The van der Waals surface area contributed by atoms with Crippen LogP contribution in [-0.4, -0.2) is 43.1 Å². The Bertz CT molecular complexity index is 740. The zero-order valence-electron chi connectivity index (χ0n) is 15.6. The summed E-state index contributed by atoms with van der Waals surface area (Å²) >= 11 is 0. The number of fused-ring (bicyclic) bond motifs is 1. The number of rotatable bonds is 4. The maximum absolute atomic E-state index is 13.5. The molecule has 3 heterocycles. The number of nitrogens with one attached hydrogen (secondary N) is 2. The largest absolute Gasteiger partial charge is 0.348 e. The molecule has 0 bridgehead atoms. The van der Waals surface area contributed by atoms with Gasteiger partial charge in [0.15, 0.2) is 0 Å². The number of hydrogen-bond acceptors (Lipinski definition) is 4. The van der Waals surface area contributed by atoms with Crippen molar-refractivity contribution in [3.63, 3.8) is 0 Å². The van der Waals surface area contributed by atoms with Gasteiger partial charge in [0.1, 0.15) is 6.04 Å². The second-order valence-corrected chi connectivity index (χ2v) is 7.18. The molecule has 27 heavy (non-hydrogen) atoms. The van der Waals surface area contributed by atoms with E-state index in [1.54, 1.807) is 11.0 Å². The molecule has 2 aromatic heterocycles. The first-order valence-corrected chi connectivity index (χ1v) is 9.26. The van der Waals surface area contributed by atoms with Crippen LogP contribution in [0.25, 0.3) is 0 Å². The molecule has 0 saturated heterocycles. The van der Waals surface area contributed by atoms with Gasteiger partial charge in [-0.05, 0) is 12.8 Å². The van der Waals surface area contributed by atoms with E-state index >= 15 is 0 Å². The number of hydrogen-bond donors (Lipinski definition) is 2. The molecule has 1 amide bonds. The number of aromatic amines is 1. The Morgan fingerprint density at radius 2 is 2.07 bits per heavy atom. The number of halogens is 2. The summed E-state index contributed by atoms with van der Waals surface area (Å²) < 4.78 is 1.80. The number of nitrogens with zero attached hydrogens (tertiary/aromatic N) is 4. The third-order valence-corrected chi connectivity index (χ3v) is 5.41. The standard InChI is InChI=1S/C18H26N6O.2ClH/c1-23-10-13(9-22-23)11-24(14-5-3-2-4-6-14)18(25)17-16-15(7-8-19-17)20-12-21-16;;/h9-10,12,14,17,19H,2-8,11H2,1H3,(H,20,21);2*1H. The third kappa shape index (κ3) is 4.65. The van der Waals surface area contributed by atoms with Crippen molar-refractivity contribution in [1.82, 2.24) is 30.0 Å². The maximum Gasteiger partial charge on any atom is 0.246 e. The highest BCUT2D eigenvalue weighted by Crippen LogP contribution is 2.28. The smallest absolute Gasteiger partial charge is 0.246 e. The molecule has 2 aliphatic rings. The summed E-state index contributed by atoms with van der Waals surface area (Å²) in [6.45, 7) is 1.42. The Morgan fingerprint density at radius 3 is 2.78 bits per heavy atom. The molecule has 150 valence electrons. The van der Waals surface area contributed by atoms with Gasteiger partial charge in [-0.1, -0.05) is 19.3 Å². The topological polar surface area (TPSA) is 78.8 Å². The van der Waals surface area contributed by atoms with Crippen molar-refractivity contribution < 1.29 is 4.79 Å². The zero-order chi connectivity index (χ0) is 17.2. The van der Waals surface area contributed by atoms with Crippen LogP contribution >= 0.6 is 24.8 Å². The second kappa shape index (κ2) is 9.57. The fourth-order valence-electron chi connectivity index (χ4n) is 4.12. The summed E-state index contributed by atoms with van der Waals surface area (Å²) in [5.74, 6) is 0.142. The molecule has 1 aliphatic carbocycles. The van der Waals surface area contributed by atoms with Gasteiger partial charge in [0.05, 0.1) is 18.2 Å². The van der Waals surface area contributed by atoms with E-state index in [0.29, 0.717) is 12.6 Å². The van der Waals surface area contributed by atoms with Crippen LogP contribution in [-0.2, 0) is 24.8 Å². The lowest BCUT2D eigenvalue weighted by Crippen LogP contribution is -2.48. The predicted octanol–water partition coefficient (Wildman–Crippen LogP) is 2.54. The molecule has 2 aromatic rings.